The van der Waals surface area contributed by atoms with Crippen LogP contribution in [0.5, 0.6) is 0 Å². The zero-order valence-corrected chi connectivity index (χ0v) is 15.4. The number of nitrogens with one attached hydrogen (secondary N) is 1. The molecule has 0 aliphatic carbocycles. The second kappa shape index (κ2) is 7.66. The number of halogens is 2. The van der Waals surface area contributed by atoms with Crippen LogP contribution in [-0.2, 0) is 0 Å². The third kappa shape index (κ3) is 3.80. The molecule has 1 aromatic heterocycles. The topological polar surface area (TPSA) is 46.9 Å². The largest absolute Gasteiger partial charge is 0.322 e. The van der Waals surface area contributed by atoms with Crippen LogP contribution in [0.4, 0.5) is 10.1 Å². The zero-order valence-electron chi connectivity index (χ0n) is 14.6. The number of aromatic nitrogens is 2. The van der Waals surface area contributed by atoms with E-state index >= 15 is 0 Å². The van der Waals surface area contributed by atoms with E-state index in [9.17, 15) is 9.18 Å². The van der Waals surface area contributed by atoms with Gasteiger partial charge in [0.05, 0.1) is 11.3 Å². The van der Waals surface area contributed by atoms with Crippen molar-refractivity contribution < 1.29 is 9.18 Å². The summed E-state index contributed by atoms with van der Waals surface area (Å²) in [6.07, 6.45) is 1.67. The predicted octanol–water partition coefficient (Wildman–Crippen LogP) is 5.58. The minimum atomic E-state index is -0.349. The molecule has 1 heterocycles. The van der Waals surface area contributed by atoms with E-state index in [1.54, 1.807) is 47.3 Å². The van der Waals surface area contributed by atoms with Gasteiger partial charge in [0.2, 0.25) is 0 Å². The van der Waals surface area contributed by atoms with Crippen molar-refractivity contribution in [3.8, 4) is 16.9 Å². The highest BCUT2D eigenvalue weighted by atomic mass is 35.5. The molecule has 4 aromatic rings. The summed E-state index contributed by atoms with van der Waals surface area (Å²) in [4.78, 5) is 12.9. The van der Waals surface area contributed by atoms with Crippen molar-refractivity contribution in [2.45, 2.75) is 0 Å². The minimum absolute atomic E-state index is 0.316. The summed E-state index contributed by atoms with van der Waals surface area (Å²) in [6.45, 7) is 0. The summed E-state index contributed by atoms with van der Waals surface area (Å²) in [5.41, 5.74) is 2.93. The highest BCUT2D eigenvalue weighted by Gasteiger charge is 2.19. The van der Waals surface area contributed by atoms with Gasteiger partial charge in [-0.2, -0.15) is 5.10 Å². The Kier molecular flexibility index (Phi) is 4.91. The second-order valence-corrected chi connectivity index (χ2v) is 6.58. The fourth-order valence-electron chi connectivity index (χ4n) is 2.81. The van der Waals surface area contributed by atoms with Crippen molar-refractivity contribution in [1.29, 1.82) is 0 Å². The Bertz CT molecular complexity index is 1110. The first-order valence-electron chi connectivity index (χ1n) is 8.58. The molecule has 0 radical (unpaired) electrons. The number of carbonyl (C=O) groups excluding carboxylic acids is 1. The molecule has 28 heavy (non-hydrogen) atoms. The van der Waals surface area contributed by atoms with Gasteiger partial charge in [-0.1, -0.05) is 29.8 Å². The number of rotatable bonds is 4. The molecule has 0 unspecified atom stereocenters. The van der Waals surface area contributed by atoms with Crippen LogP contribution in [0, 0.1) is 5.82 Å². The van der Waals surface area contributed by atoms with E-state index in [-0.39, 0.29) is 11.7 Å². The second-order valence-electron chi connectivity index (χ2n) is 6.14. The maximum absolute atomic E-state index is 13.3. The molecule has 1 amide bonds. The molecule has 0 fully saturated rings. The van der Waals surface area contributed by atoms with E-state index in [2.05, 4.69) is 10.4 Å². The fraction of sp³-hybridized carbons (Fsp3) is 0. The smallest absolute Gasteiger partial charge is 0.259 e. The van der Waals surface area contributed by atoms with Gasteiger partial charge in [-0.25, -0.2) is 9.07 Å². The van der Waals surface area contributed by atoms with Gasteiger partial charge in [0.25, 0.3) is 5.91 Å². The molecule has 0 aliphatic heterocycles. The molecule has 138 valence electrons. The Morgan fingerprint density at radius 1 is 0.929 bits per heavy atom. The van der Waals surface area contributed by atoms with Crippen LogP contribution in [0.3, 0.4) is 0 Å². The zero-order chi connectivity index (χ0) is 19.5. The van der Waals surface area contributed by atoms with Gasteiger partial charge in [0.15, 0.2) is 0 Å². The number of benzene rings is 3. The Hall–Kier alpha value is -3.44. The quantitative estimate of drug-likeness (QED) is 0.493. The lowest BCUT2D eigenvalue weighted by Gasteiger charge is -2.05. The molecular weight excluding hydrogens is 377 g/mol. The van der Waals surface area contributed by atoms with E-state index in [0.717, 1.165) is 5.69 Å². The molecule has 0 saturated heterocycles. The van der Waals surface area contributed by atoms with Gasteiger partial charge in [-0.05, 0) is 60.7 Å². The molecule has 0 bridgehead atoms. The molecule has 0 spiro atoms. The average Bonchev–Trinajstić information content (AvgIpc) is 3.17. The summed E-state index contributed by atoms with van der Waals surface area (Å²) in [6, 6.07) is 22.2. The normalized spacial score (nSPS) is 10.6. The van der Waals surface area contributed by atoms with Crippen molar-refractivity contribution in [3.05, 3.63) is 101 Å². The predicted molar refractivity (Wildman–Crippen MR) is 108 cm³/mol. The highest BCUT2D eigenvalue weighted by Crippen LogP contribution is 2.25. The minimum Gasteiger partial charge on any atom is -0.322 e. The van der Waals surface area contributed by atoms with Gasteiger partial charge in [-0.3, -0.25) is 4.79 Å². The summed E-state index contributed by atoms with van der Waals surface area (Å²) in [5, 5.41) is 8.00. The van der Waals surface area contributed by atoms with Crippen molar-refractivity contribution in [1.82, 2.24) is 9.78 Å². The Morgan fingerprint density at radius 3 is 2.29 bits per heavy atom. The number of hydrogen-bond acceptors (Lipinski definition) is 2. The molecule has 4 nitrogen and oxygen atoms in total. The lowest BCUT2D eigenvalue weighted by Crippen LogP contribution is -2.12. The first-order valence-corrected chi connectivity index (χ1v) is 8.96. The number of nitrogens with zero attached hydrogens (tertiary/aromatic N) is 2. The van der Waals surface area contributed by atoms with E-state index in [1.807, 2.05) is 30.3 Å². The number of hydrogen-bond donors (Lipinski definition) is 1. The van der Waals surface area contributed by atoms with Crippen LogP contribution in [0.1, 0.15) is 10.4 Å². The Morgan fingerprint density at radius 2 is 1.61 bits per heavy atom. The number of amides is 1. The molecule has 0 aliphatic rings. The average molecular weight is 392 g/mol. The third-order valence-electron chi connectivity index (χ3n) is 4.20. The Labute approximate surface area is 166 Å². The summed E-state index contributed by atoms with van der Waals surface area (Å²) >= 11 is 5.90. The molecule has 0 atom stereocenters. The van der Waals surface area contributed by atoms with Gasteiger partial charge in [0.1, 0.15) is 11.5 Å². The van der Waals surface area contributed by atoms with Crippen LogP contribution < -0.4 is 5.32 Å². The van der Waals surface area contributed by atoms with E-state index in [0.29, 0.717) is 27.5 Å². The maximum atomic E-state index is 13.3. The SMILES string of the molecule is O=C(Nc1ccc(Cl)cc1)c1cn(-c2ccccc2)nc1-c1ccc(F)cc1. The number of anilines is 1. The number of carbonyl (C=O) groups is 1. The Balaban J connectivity index is 1.75. The van der Waals surface area contributed by atoms with Gasteiger partial charge < -0.3 is 5.32 Å². The molecule has 3 aromatic carbocycles. The van der Waals surface area contributed by atoms with E-state index in [1.165, 1.54) is 12.1 Å². The van der Waals surface area contributed by atoms with Crippen LogP contribution >= 0.6 is 11.6 Å². The van der Waals surface area contributed by atoms with Crippen LogP contribution in [0.2, 0.25) is 5.02 Å². The molecule has 4 rings (SSSR count). The maximum Gasteiger partial charge on any atom is 0.259 e. The molecular formula is C22H15ClFN3O. The highest BCUT2D eigenvalue weighted by molar-refractivity contribution is 6.30. The van der Waals surface area contributed by atoms with Crippen molar-refractivity contribution in [2.75, 3.05) is 5.32 Å². The van der Waals surface area contributed by atoms with Gasteiger partial charge in [-0.15, -0.1) is 0 Å². The van der Waals surface area contributed by atoms with Gasteiger partial charge in [0, 0.05) is 22.5 Å². The lowest BCUT2D eigenvalue weighted by molar-refractivity contribution is 0.102. The van der Waals surface area contributed by atoms with Crippen LogP contribution in [0.15, 0.2) is 85.1 Å². The lowest BCUT2D eigenvalue weighted by atomic mass is 10.1. The first-order chi connectivity index (χ1) is 13.6. The van der Waals surface area contributed by atoms with E-state index in [4.69, 9.17) is 11.6 Å². The molecule has 1 N–H and O–H groups in total. The molecule has 6 heteroatoms. The van der Waals surface area contributed by atoms with Crippen molar-refractivity contribution in [3.63, 3.8) is 0 Å². The van der Waals surface area contributed by atoms with E-state index < -0.39 is 0 Å². The summed E-state index contributed by atoms with van der Waals surface area (Å²) in [5.74, 6) is -0.665. The third-order valence-corrected chi connectivity index (χ3v) is 4.45. The summed E-state index contributed by atoms with van der Waals surface area (Å²) < 4.78 is 15.0. The summed E-state index contributed by atoms with van der Waals surface area (Å²) in [7, 11) is 0. The standard InChI is InChI=1S/C22H15ClFN3O/c23-16-8-12-18(13-9-16)25-22(28)20-14-27(19-4-2-1-3-5-19)26-21(20)15-6-10-17(24)11-7-15/h1-14H,(H,25,28). The van der Waals surface area contributed by atoms with Crippen molar-refractivity contribution >= 4 is 23.2 Å². The fourth-order valence-corrected chi connectivity index (χ4v) is 2.93. The monoisotopic (exact) mass is 391 g/mol. The molecule has 0 saturated carbocycles. The van der Waals surface area contributed by atoms with Crippen LogP contribution in [-0.4, -0.2) is 15.7 Å². The first kappa shape index (κ1) is 17.9. The van der Waals surface area contributed by atoms with Crippen molar-refractivity contribution in [2.24, 2.45) is 0 Å². The van der Waals surface area contributed by atoms with Crippen LogP contribution in [0.25, 0.3) is 16.9 Å². The van der Waals surface area contributed by atoms with Gasteiger partial charge >= 0.3 is 0 Å². The number of para-hydroxylation sites is 1.